The molecule has 0 aliphatic carbocycles. The standard InChI is InChI=1S/C13H24NO3Si/c1-5-7-13-8-6-9-14(12-13)10-11-18(15-2,16-3)17-4/h6,8-9,12H,5,7,10-11H2,1-4H3/q+1. The summed E-state index contributed by atoms with van der Waals surface area (Å²) in [4.78, 5) is 0. The molecule has 4 nitrogen and oxygen atoms in total. The molecule has 0 fully saturated rings. The molecule has 0 N–H and O–H groups in total. The lowest BCUT2D eigenvalue weighted by molar-refractivity contribution is -0.694. The summed E-state index contributed by atoms with van der Waals surface area (Å²) in [5.41, 5.74) is 1.36. The van der Waals surface area contributed by atoms with Gasteiger partial charge in [-0.2, -0.15) is 0 Å². The Morgan fingerprint density at radius 2 is 1.83 bits per heavy atom. The fourth-order valence-electron chi connectivity index (χ4n) is 1.97. The zero-order valence-corrected chi connectivity index (χ0v) is 12.8. The van der Waals surface area contributed by atoms with Crippen LogP contribution in [0.1, 0.15) is 18.9 Å². The third-order valence-corrected chi connectivity index (χ3v) is 5.77. The van der Waals surface area contributed by atoms with E-state index in [-0.39, 0.29) is 0 Å². The highest BCUT2D eigenvalue weighted by atomic mass is 28.4. The molecular formula is C13H24NO3Si+. The second-order valence-corrected chi connectivity index (χ2v) is 7.34. The largest absolute Gasteiger partial charge is 0.506 e. The van der Waals surface area contributed by atoms with Crippen LogP contribution >= 0.6 is 0 Å². The van der Waals surface area contributed by atoms with E-state index < -0.39 is 8.80 Å². The molecule has 1 heterocycles. The van der Waals surface area contributed by atoms with Gasteiger partial charge >= 0.3 is 8.80 Å². The van der Waals surface area contributed by atoms with Crippen molar-refractivity contribution in [2.24, 2.45) is 0 Å². The van der Waals surface area contributed by atoms with Gasteiger partial charge in [-0.1, -0.05) is 13.3 Å². The molecule has 0 radical (unpaired) electrons. The van der Waals surface area contributed by atoms with E-state index in [2.05, 4.69) is 36.0 Å². The minimum atomic E-state index is -2.46. The van der Waals surface area contributed by atoms with Crippen LogP contribution in [-0.2, 0) is 26.2 Å². The van der Waals surface area contributed by atoms with Crippen molar-refractivity contribution in [2.75, 3.05) is 21.3 Å². The molecule has 0 saturated heterocycles. The van der Waals surface area contributed by atoms with Gasteiger partial charge in [-0.15, -0.1) is 0 Å². The van der Waals surface area contributed by atoms with Crippen LogP contribution in [0.5, 0.6) is 0 Å². The van der Waals surface area contributed by atoms with Crippen molar-refractivity contribution >= 4 is 8.80 Å². The SMILES string of the molecule is CCCc1ccc[n+](CC[Si](OC)(OC)OC)c1. The van der Waals surface area contributed by atoms with E-state index in [1.807, 2.05) is 0 Å². The summed E-state index contributed by atoms with van der Waals surface area (Å²) in [6.45, 7) is 3.04. The molecule has 0 spiro atoms. The first-order valence-corrected chi connectivity index (χ1v) is 8.26. The van der Waals surface area contributed by atoms with Crippen LogP contribution in [-0.4, -0.2) is 30.1 Å². The summed E-state index contributed by atoms with van der Waals surface area (Å²) in [5, 5.41) is 0. The minimum Gasteiger partial charge on any atom is -0.377 e. The Bertz CT molecular complexity index is 348. The Hall–Kier alpha value is -0.753. The first-order chi connectivity index (χ1) is 8.69. The fourth-order valence-corrected chi connectivity index (χ4v) is 3.62. The van der Waals surface area contributed by atoms with Crippen LogP contribution in [0.2, 0.25) is 6.04 Å². The van der Waals surface area contributed by atoms with Gasteiger partial charge in [-0.25, -0.2) is 4.57 Å². The van der Waals surface area contributed by atoms with E-state index in [9.17, 15) is 0 Å². The molecule has 1 rings (SSSR count). The number of hydrogen-bond donors (Lipinski definition) is 0. The van der Waals surface area contributed by atoms with Gasteiger partial charge in [0, 0.05) is 33.0 Å². The summed E-state index contributed by atoms with van der Waals surface area (Å²) in [6, 6.07) is 5.02. The summed E-state index contributed by atoms with van der Waals surface area (Å²) in [5.74, 6) is 0. The average Bonchev–Trinajstić information content (AvgIpc) is 2.42. The Balaban J connectivity index is 2.64. The van der Waals surface area contributed by atoms with Gasteiger partial charge in [0.25, 0.3) is 0 Å². The molecule has 0 amide bonds. The lowest BCUT2D eigenvalue weighted by Gasteiger charge is -2.22. The molecule has 0 saturated carbocycles. The molecule has 1 aromatic heterocycles. The van der Waals surface area contributed by atoms with Gasteiger partial charge in [0.05, 0.1) is 6.04 Å². The highest BCUT2D eigenvalue weighted by Gasteiger charge is 2.38. The first-order valence-electron chi connectivity index (χ1n) is 6.33. The van der Waals surface area contributed by atoms with Crippen molar-refractivity contribution in [1.29, 1.82) is 0 Å². The van der Waals surface area contributed by atoms with E-state index in [4.69, 9.17) is 13.3 Å². The Kier molecular flexibility index (Phi) is 6.49. The van der Waals surface area contributed by atoms with Crippen LogP contribution in [0.25, 0.3) is 0 Å². The predicted molar refractivity (Wildman–Crippen MR) is 72.2 cm³/mol. The quantitative estimate of drug-likeness (QED) is 0.533. The summed E-state index contributed by atoms with van der Waals surface area (Å²) in [6.07, 6.45) is 6.53. The molecule has 0 atom stereocenters. The lowest BCUT2D eigenvalue weighted by atomic mass is 10.2. The molecule has 0 unspecified atom stereocenters. The van der Waals surface area contributed by atoms with Gasteiger partial charge in [-0.3, -0.25) is 0 Å². The number of nitrogens with zero attached hydrogens (tertiary/aromatic N) is 1. The molecule has 0 bridgehead atoms. The molecule has 0 aliphatic rings. The summed E-state index contributed by atoms with van der Waals surface area (Å²) >= 11 is 0. The first kappa shape index (κ1) is 15.3. The second-order valence-electron chi connectivity index (χ2n) is 4.25. The maximum atomic E-state index is 5.42. The normalized spacial score (nSPS) is 11.8. The topological polar surface area (TPSA) is 31.6 Å². The highest BCUT2D eigenvalue weighted by Crippen LogP contribution is 2.12. The van der Waals surface area contributed by atoms with Gasteiger partial charge in [0.1, 0.15) is 0 Å². The molecule has 5 heteroatoms. The van der Waals surface area contributed by atoms with Crippen molar-refractivity contribution < 1.29 is 17.8 Å². The molecule has 1 aromatic rings. The highest BCUT2D eigenvalue weighted by molar-refractivity contribution is 6.60. The van der Waals surface area contributed by atoms with Crippen LogP contribution in [0.4, 0.5) is 0 Å². The summed E-state index contributed by atoms with van der Waals surface area (Å²) < 4.78 is 18.4. The van der Waals surface area contributed by atoms with Crippen molar-refractivity contribution in [3.05, 3.63) is 30.1 Å². The van der Waals surface area contributed by atoms with E-state index >= 15 is 0 Å². The molecule has 18 heavy (non-hydrogen) atoms. The van der Waals surface area contributed by atoms with Gasteiger partial charge in [-0.05, 0) is 12.5 Å². The summed E-state index contributed by atoms with van der Waals surface area (Å²) in [7, 11) is 2.49. The van der Waals surface area contributed by atoms with Crippen LogP contribution < -0.4 is 4.57 Å². The number of aryl methyl sites for hydroxylation is 2. The van der Waals surface area contributed by atoms with E-state index in [0.29, 0.717) is 0 Å². The smallest absolute Gasteiger partial charge is 0.377 e. The van der Waals surface area contributed by atoms with E-state index in [0.717, 1.165) is 25.4 Å². The lowest BCUT2D eigenvalue weighted by Crippen LogP contribution is -2.47. The third kappa shape index (κ3) is 4.17. The van der Waals surface area contributed by atoms with Gasteiger partial charge in [0.15, 0.2) is 18.9 Å². The maximum absolute atomic E-state index is 5.42. The van der Waals surface area contributed by atoms with E-state index in [1.54, 1.807) is 21.3 Å². The minimum absolute atomic E-state index is 0.775. The molecule has 102 valence electrons. The Labute approximate surface area is 111 Å². The number of pyridine rings is 1. The van der Waals surface area contributed by atoms with E-state index in [1.165, 1.54) is 5.56 Å². The second kappa shape index (κ2) is 7.63. The monoisotopic (exact) mass is 270 g/mol. The zero-order chi connectivity index (χ0) is 13.4. The predicted octanol–water partition coefficient (Wildman–Crippen LogP) is 1.80. The van der Waals surface area contributed by atoms with Crippen molar-refractivity contribution in [1.82, 2.24) is 0 Å². The van der Waals surface area contributed by atoms with Gasteiger partial charge in [0.2, 0.25) is 0 Å². The number of hydrogen-bond acceptors (Lipinski definition) is 3. The van der Waals surface area contributed by atoms with Crippen LogP contribution in [0, 0.1) is 0 Å². The van der Waals surface area contributed by atoms with Crippen LogP contribution in [0.15, 0.2) is 24.5 Å². The third-order valence-electron chi connectivity index (χ3n) is 3.07. The van der Waals surface area contributed by atoms with Crippen LogP contribution in [0.3, 0.4) is 0 Å². The van der Waals surface area contributed by atoms with Crippen molar-refractivity contribution in [2.45, 2.75) is 32.4 Å². The number of aromatic nitrogens is 1. The van der Waals surface area contributed by atoms with Crippen molar-refractivity contribution in [3.63, 3.8) is 0 Å². The maximum Gasteiger partial charge on any atom is 0.506 e. The zero-order valence-electron chi connectivity index (χ0n) is 11.8. The number of rotatable bonds is 8. The average molecular weight is 270 g/mol. The Morgan fingerprint density at radius 1 is 1.17 bits per heavy atom. The fraction of sp³-hybridized carbons (Fsp3) is 0.615. The molecular weight excluding hydrogens is 246 g/mol. The molecule has 0 aliphatic heterocycles. The Morgan fingerprint density at radius 3 is 2.39 bits per heavy atom. The van der Waals surface area contributed by atoms with Gasteiger partial charge < -0.3 is 13.3 Å². The molecule has 0 aromatic carbocycles. The van der Waals surface area contributed by atoms with Crippen molar-refractivity contribution in [3.8, 4) is 0 Å².